The summed E-state index contributed by atoms with van der Waals surface area (Å²) < 4.78 is 16.5. The van der Waals surface area contributed by atoms with E-state index in [9.17, 15) is 0 Å². The Balaban J connectivity index is 2.54. The molecule has 0 heterocycles. The van der Waals surface area contributed by atoms with Crippen LogP contribution in [0.4, 0.5) is 0 Å². The maximum atomic E-state index is 8.52. The van der Waals surface area contributed by atoms with Gasteiger partial charge in [-0.2, -0.15) is 5.26 Å². The molecule has 5 heteroatoms. The quantitative estimate of drug-likeness (QED) is 0.535. The van der Waals surface area contributed by atoms with E-state index >= 15 is 0 Å². The number of nitriles is 1. The van der Waals surface area contributed by atoms with Crippen LogP contribution in [-0.2, 0) is 19.7 Å². The normalized spacial score (nSPS) is 11.2. The van der Waals surface area contributed by atoms with Crippen LogP contribution in [-0.4, -0.2) is 29.6 Å². The molecule has 0 fully saturated rings. The minimum Gasteiger partial charge on any atom is -0.377 e. The fourth-order valence-electron chi connectivity index (χ4n) is 1.67. The molecule has 0 aromatic heterocycles. The van der Waals surface area contributed by atoms with E-state index in [0.29, 0.717) is 13.0 Å². The van der Waals surface area contributed by atoms with Crippen molar-refractivity contribution in [1.82, 2.24) is 0 Å². The number of rotatable bonds is 8. The Hall–Kier alpha value is -1.19. The molecule has 98 valence electrons. The maximum absolute atomic E-state index is 8.52. The van der Waals surface area contributed by atoms with E-state index in [2.05, 4.69) is 12.1 Å². The van der Waals surface area contributed by atoms with Crippen molar-refractivity contribution >= 4 is 8.80 Å². The van der Waals surface area contributed by atoms with Gasteiger partial charge in [-0.15, -0.1) is 0 Å². The number of benzene rings is 1. The summed E-state index contributed by atoms with van der Waals surface area (Å²) in [7, 11) is 0.594. The largest absolute Gasteiger partial charge is 0.500 e. The molecule has 0 aliphatic rings. The number of aryl methyl sites for hydroxylation is 1. The van der Waals surface area contributed by atoms with Crippen LogP contribution in [0.3, 0.4) is 0 Å². The van der Waals surface area contributed by atoms with Crippen molar-refractivity contribution in [3.63, 3.8) is 0 Å². The van der Waals surface area contributed by atoms with Crippen LogP contribution in [0.1, 0.15) is 12.0 Å². The third kappa shape index (κ3) is 4.59. The molecule has 0 N–H and O–H groups in total. The molecule has 1 rings (SSSR count). The molecule has 1 aromatic carbocycles. The highest BCUT2D eigenvalue weighted by Gasteiger charge is 2.38. The zero-order valence-corrected chi connectivity index (χ0v) is 11.9. The van der Waals surface area contributed by atoms with E-state index in [1.54, 1.807) is 14.2 Å². The van der Waals surface area contributed by atoms with Crippen LogP contribution in [0.15, 0.2) is 30.3 Å². The van der Waals surface area contributed by atoms with Crippen molar-refractivity contribution in [2.45, 2.75) is 18.9 Å². The lowest BCUT2D eigenvalue weighted by molar-refractivity contribution is 0.101. The number of hydrogen-bond donors (Lipinski definition) is 0. The van der Waals surface area contributed by atoms with Crippen molar-refractivity contribution in [3.8, 4) is 6.07 Å². The summed E-state index contributed by atoms with van der Waals surface area (Å²) in [6.07, 6.45) is 1.20. The predicted octanol–water partition coefficient (Wildman–Crippen LogP) is 2.39. The van der Waals surface area contributed by atoms with Crippen molar-refractivity contribution in [3.05, 3.63) is 35.9 Å². The van der Waals surface area contributed by atoms with Gasteiger partial charge in [-0.1, -0.05) is 30.3 Å². The molecule has 0 unspecified atom stereocenters. The first-order valence-electron chi connectivity index (χ1n) is 5.91. The zero-order chi connectivity index (χ0) is 13.3. The van der Waals surface area contributed by atoms with Crippen LogP contribution in [0.5, 0.6) is 0 Å². The molecular formula is C13H19NO3Si. The molecule has 0 spiro atoms. The molecule has 0 amide bonds. The highest BCUT2D eigenvalue weighted by Crippen LogP contribution is 2.17. The van der Waals surface area contributed by atoms with Gasteiger partial charge in [-0.25, -0.2) is 0 Å². The molecule has 0 saturated carbocycles. The molecular weight excluding hydrogens is 246 g/mol. The summed E-state index contributed by atoms with van der Waals surface area (Å²) >= 11 is 0. The zero-order valence-electron chi connectivity index (χ0n) is 10.9. The lowest BCUT2D eigenvalue weighted by atomic mass is 10.2. The fourth-order valence-corrected chi connectivity index (χ4v) is 3.63. The third-order valence-corrected chi connectivity index (χ3v) is 5.47. The van der Waals surface area contributed by atoms with E-state index < -0.39 is 8.80 Å². The summed E-state index contributed by atoms with van der Waals surface area (Å²) in [6, 6.07) is 12.9. The minimum absolute atomic E-state index is 0.354. The average Bonchev–Trinajstić information content (AvgIpc) is 2.44. The van der Waals surface area contributed by atoms with Gasteiger partial charge in [0.2, 0.25) is 0 Å². The van der Waals surface area contributed by atoms with Gasteiger partial charge in [0, 0.05) is 20.3 Å². The second kappa shape index (κ2) is 8.00. The Bertz CT molecular complexity index is 374. The molecule has 4 nitrogen and oxygen atoms in total. The average molecular weight is 265 g/mol. The summed E-state index contributed by atoms with van der Waals surface area (Å²) in [5.74, 6) is 0. The first-order chi connectivity index (χ1) is 8.76. The van der Waals surface area contributed by atoms with Gasteiger partial charge in [0.1, 0.15) is 0 Å². The van der Waals surface area contributed by atoms with Crippen LogP contribution >= 0.6 is 0 Å². The lowest BCUT2D eigenvalue weighted by Crippen LogP contribution is -2.44. The van der Waals surface area contributed by atoms with E-state index in [-0.39, 0.29) is 0 Å². The molecule has 0 aliphatic heterocycles. The maximum Gasteiger partial charge on any atom is 0.500 e. The minimum atomic E-state index is -2.61. The SMILES string of the molecule is CO[Si](CCc1ccccc1)(OC)OCCC#N. The van der Waals surface area contributed by atoms with Gasteiger partial charge >= 0.3 is 8.80 Å². The topological polar surface area (TPSA) is 51.5 Å². The fraction of sp³-hybridized carbons (Fsp3) is 0.462. The summed E-state index contributed by atoms with van der Waals surface area (Å²) in [5, 5.41) is 8.52. The second-order valence-electron chi connectivity index (χ2n) is 3.83. The number of hydrogen-bond acceptors (Lipinski definition) is 4. The smallest absolute Gasteiger partial charge is 0.377 e. The Morgan fingerprint density at radius 1 is 1.17 bits per heavy atom. The Labute approximate surface area is 109 Å². The van der Waals surface area contributed by atoms with Gasteiger partial charge in [-0.05, 0) is 12.0 Å². The van der Waals surface area contributed by atoms with Crippen LogP contribution in [0, 0.1) is 11.3 Å². The van der Waals surface area contributed by atoms with Gasteiger partial charge < -0.3 is 13.3 Å². The predicted molar refractivity (Wildman–Crippen MR) is 70.9 cm³/mol. The van der Waals surface area contributed by atoms with Gasteiger partial charge in [0.15, 0.2) is 0 Å². The van der Waals surface area contributed by atoms with Gasteiger partial charge in [0.05, 0.1) is 19.1 Å². The first-order valence-corrected chi connectivity index (χ1v) is 7.84. The Morgan fingerprint density at radius 2 is 1.83 bits per heavy atom. The van der Waals surface area contributed by atoms with Crippen molar-refractivity contribution < 1.29 is 13.3 Å². The lowest BCUT2D eigenvalue weighted by Gasteiger charge is -2.26. The summed E-state index contributed by atoms with van der Waals surface area (Å²) in [4.78, 5) is 0. The molecule has 0 saturated heterocycles. The van der Waals surface area contributed by atoms with Crippen molar-refractivity contribution in [1.29, 1.82) is 5.26 Å². The van der Waals surface area contributed by atoms with E-state index in [4.69, 9.17) is 18.5 Å². The Morgan fingerprint density at radius 3 is 2.39 bits per heavy atom. The van der Waals surface area contributed by atoms with E-state index in [1.165, 1.54) is 5.56 Å². The van der Waals surface area contributed by atoms with Crippen molar-refractivity contribution in [2.75, 3.05) is 20.8 Å². The third-order valence-electron chi connectivity index (χ3n) is 2.72. The molecule has 18 heavy (non-hydrogen) atoms. The Kier molecular flexibility index (Phi) is 6.61. The van der Waals surface area contributed by atoms with Gasteiger partial charge in [0.25, 0.3) is 0 Å². The van der Waals surface area contributed by atoms with Crippen LogP contribution < -0.4 is 0 Å². The number of nitrogens with zero attached hydrogens (tertiary/aromatic N) is 1. The highest BCUT2D eigenvalue weighted by molar-refractivity contribution is 6.60. The standard InChI is InChI=1S/C13H19NO3Si/c1-15-18(16-2,17-11-6-10-14)12-9-13-7-4-3-5-8-13/h3-5,7-8H,6,9,11-12H2,1-2H3. The van der Waals surface area contributed by atoms with E-state index in [1.807, 2.05) is 24.3 Å². The monoisotopic (exact) mass is 265 g/mol. The summed E-state index contributed by atoms with van der Waals surface area (Å²) in [6.45, 7) is 0.360. The molecule has 0 aliphatic carbocycles. The molecule has 0 atom stereocenters. The molecule has 0 radical (unpaired) electrons. The first kappa shape index (κ1) is 14.9. The molecule has 0 bridgehead atoms. The second-order valence-corrected chi connectivity index (χ2v) is 6.80. The van der Waals surface area contributed by atoms with E-state index in [0.717, 1.165) is 12.5 Å². The molecule has 1 aromatic rings. The summed E-state index contributed by atoms with van der Waals surface area (Å²) in [5.41, 5.74) is 1.23. The van der Waals surface area contributed by atoms with Gasteiger partial charge in [-0.3, -0.25) is 0 Å². The van der Waals surface area contributed by atoms with Crippen LogP contribution in [0.25, 0.3) is 0 Å². The highest BCUT2D eigenvalue weighted by atomic mass is 28.4. The van der Waals surface area contributed by atoms with Crippen molar-refractivity contribution in [2.24, 2.45) is 0 Å². The van der Waals surface area contributed by atoms with Crippen LogP contribution in [0.2, 0.25) is 6.04 Å².